The second-order valence-corrected chi connectivity index (χ2v) is 4.72. The number of benzene rings is 1. The van der Waals surface area contributed by atoms with Gasteiger partial charge in [-0.15, -0.1) is 11.8 Å². The van der Waals surface area contributed by atoms with Crippen molar-refractivity contribution in [2.75, 3.05) is 20.2 Å². The summed E-state index contributed by atoms with van der Waals surface area (Å²) >= 11 is 3.47. The average Bonchev–Trinajstić information content (AvgIpc) is 2.39. The zero-order chi connectivity index (χ0) is 13.4. The van der Waals surface area contributed by atoms with Gasteiger partial charge in [-0.2, -0.15) is 0 Å². The minimum Gasteiger partial charge on any atom is -0.496 e. The third-order valence-electron chi connectivity index (χ3n) is 2.62. The van der Waals surface area contributed by atoms with Crippen LogP contribution in [0.15, 0.2) is 22.7 Å². The number of nitrogens with two attached hydrogens (primary N) is 1. The Morgan fingerprint density at radius 1 is 1.50 bits per heavy atom. The molecule has 0 aliphatic carbocycles. The van der Waals surface area contributed by atoms with Crippen molar-refractivity contribution in [1.82, 2.24) is 5.32 Å². The summed E-state index contributed by atoms with van der Waals surface area (Å²) in [6, 6.07) is 6.01. The largest absolute Gasteiger partial charge is 0.496 e. The molecule has 0 aromatic heterocycles. The van der Waals surface area contributed by atoms with Gasteiger partial charge < -0.3 is 15.8 Å². The maximum Gasteiger partial charge on any atom is 0.123 e. The van der Waals surface area contributed by atoms with Crippen LogP contribution >= 0.6 is 15.9 Å². The van der Waals surface area contributed by atoms with Gasteiger partial charge in [0.05, 0.1) is 7.11 Å². The molecule has 1 rings (SSSR count). The van der Waals surface area contributed by atoms with Gasteiger partial charge in [0.2, 0.25) is 0 Å². The second kappa shape index (κ2) is 8.15. The van der Waals surface area contributed by atoms with Crippen molar-refractivity contribution in [3.8, 4) is 17.6 Å². The van der Waals surface area contributed by atoms with E-state index in [0.29, 0.717) is 6.54 Å². The highest BCUT2D eigenvalue weighted by atomic mass is 79.9. The summed E-state index contributed by atoms with van der Waals surface area (Å²) in [4.78, 5) is 0. The predicted molar refractivity (Wildman–Crippen MR) is 78.6 cm³/mol. The summed E-state index contributed by atoms with van der Waals surface area (Å²) in [6.45, 7) is 3.18. The van der Waals surface area contributed by atoms with E-state index >= 15 is 0 Å². The molecule has 1 unspecified atom stereocenters. The fourth-order valence-corrected chi connectivity index (χ4v) is 2.11. The topological polar surface area (TPSA) is 47.3 Å². The van der Waals surface area contributed by atoms with Crippen LogP contribution in [-0.2, 0) is 0 Å². The smallest absolute Gasteiger partial charge is 0.123 e. The average molecular weight is 311 g/mol. The van der Waals surface area contributed by atoms with Crippen LogP contribution in [0.4, 0.5) is 0 Å². The third kappa shape index (κ3) is 4.34. The van der Waals surface area contributed by atoms with Gasteiger partial charge in [0.25, 0.3) is 0 Å². The Hall–Kier alpha value is -1.02. The van der Waals surface area contributed by atoms with Gasteiger partial charge in [0, 0.05) is 35.6 Å². The lowest BCUT2D eigenvalue weighted by atomic mass is 10.1. The summed E-state index contributed by atoms with van der Waals surface area (Å²) < 4.78 is 6.39. The first kappa shape index (κ1) is 15.0. The van der Waals surface area contributed by atoms with Crippen LogP contribution in [0.1, 0.15) is 24.9 Å². The Kier molecular flexibility index (Phi) is 6.81. The highest BCUT2D eigenvalue weighted by Gasteiger charge is 2.14. The predicted octanol–water partition coefficient (Wildman–Crippen LogP) is 2.46. The first-order valence-corrected chi connectivity index (χ1v) is 6.68. The molecule has 3 N–H and O–H groups in total. The van der Waals surface area contributed by atoms with Gasteiger partial charge in [-0.3, -0.25) is 0 Å². The number of methoxy groups -OCH3 is 1. The van der Waals surface area contributed by atoms with Crippen molar-refractivity contribution >= 4 is 15.9 Å². The van der Waals surface area contributed by atoms with Crippen molar-refractivity contribution in [1.29, 1.82) is 0 Å². The molecule has 98 valence electrons. The van der Waals surface area contributed by atoms with E-state index in [4.69, 9.17) is 10.5 Å². The lowest BCUT2D eigenvalue weighted by molar-refractivity contribution is 0.399. The van der Waals surface area contributed by atoms with E-state index in [1.54, 1.807) is 7.11 Å². The molecule has 0 spiro atoms. The number of rotatable bonds is 6. The summed E-state index contributed by atoms with van der Waals surface area (Å²) in [5.74, 6) is 6.75. The molecule has 1 aromatic rings. The van der Waals surface area contributed by atoms with E-state index in [2.05, 4.69) is 33.1 Å². The van der Waals surface area contributed by atoms with Crippen LogP contribution in [0, 0.1) is 11.8 Å². The van der Waals surface area contributed by atoms with Gasteiger partial charge in [-0.05, 0) is 25.1 Å². The summed E-state index contributed by atoms with van der Waals surface area (Å²) in [7, 11) is 1.67. The second-order valence-electron chi connectivity index (χ2n) is 3.81. The Morgan fingerprint density at radius 3 is 2.89 bits per heavy atom. The van der Waals surface area contributed by atoms with E-state index in [-0.39, 0.29) is 6.04 Å². The van der Waals surface area contributed by atoms with Gasteiger partial charge in [0.15, 0.2) is 0 Å². The quantitative estimate of drug-likeness (QED) is 0.627. The van der Waals surface area contributed by atoms with Gasteiger partial charge >= 0.3 is 0 Å². The molecule has 1 atom stereocenters. The molecule has 0 fully saturated rings. The molecule has 1 aromatic carbocycles. The maximum absolute atomic E-state index is 5.82. The molecular formula is C14H19BrN2O. The molecule has 0 radical (unpaired) electrons. The highest BCUT2D eigenvalue weighted by molar-refractivity contribution is 9.10. The molecule has 0 aliphatic heterocycles. The standard InChI is InChI=1S/C14H19BrN2O/c1-3-4-5-8-17-13(10-16)12-9-11(15)6-7-14(12)18-2/h6-7,9,13,17H,5,8,10,16H2,1-2H3. The molecule has 0 saturated carbocycles. The summed E-state index contributed by atoms with van der Waals surface area (Å²) in [5.41, 5.74) is 6.89. The first-order valence-electron chi connectivity index (χ1n) is 5.89. The number of nitrogens with one attached hydrogen (secondary N) is 1. The van der Waals surface area contributed by atoms with Gasteiger partial charge in [0.1, 0.15) is 5.75 Å². The Bertz CT molecular complexity index is 437. The Labute approximate surface area is 117 Å². The van der Waals surface area contributed by atoms with Crippen LogP contribution in [0.5, 0.6) is 5.75 Å². The fourth-order valence-electron chi connectivity index (χ4n) is 1.73. The fraction of sp³-hybridized carbons (Fsp3) is 0.429. The Balaban J connectivity index is 2.79. The molecule has 0 bridgehead atoms. The van der Waals surface area contributed by atoms with Crippen molar-refractivity contribution in [2.45, 2.75) is 19.4 Å². The highest BCUT2D eigenvalue weighted by Crippen LogP contribution is 2.28. The van der Waals surface area contributed by atoms with Crippen molar-refractivity contribution < 1.29 is 4.74 Å². The molecular weight excluding hydrogens is 292 g/mol. The number of hydrogen-bond donors (Lipinski definition) is 2. The monoisotopic (exact) mass is 310 g/mol. The SMILES string of the molecule is CC#CCCNC(CN)c1cc(Br)ccc1OC. The summed E-state index contributed by atoms with van der Waals surface area (Å²) in [6.07, 6.45) is 0.823. The van der Waals surface area contributed by atoms with Crippen molar-refractivity contribution in [3.63, 3.8) is 0 Å². The first-order chi connectivity index (χ1) is 8.72. The lowest BCUT2D eigenvalue weighted by Gasteiger charge is -2.19. The minimum atomic E-state index is 0.0797. The van der Waals surface area contributed by atoms with Crippen LogP contribution in [0.25, 0.3) is 0 Å². The van der Waals surface area contributed by atoms with Crippen molar-refractivity contribution in [3.05, 3.63) is 28.2 Å². The van der Waals surface area contributed by atoms with E-state index < -0.39 is 0 Å². The maximum atomic E-state index is 5.82. The lowest BCUT2D eigenvalue weighted by Crippen LogP contribution is -2.29. The molecule has 18 heavy (non-hydrogen) atoms. The van der Waals surface area contributed by atoms with E-state index in [9.17, 15) is 0 Å². The van der Waals surface area contributed by atoms with Crippen LogP contribution in [0.3, 0.4) is 0 Å². The van der Waals surface area contributed by atoms with Crippen LogP contribution in [-0.4, -0.2) is 20.2 Å². The zero-order valence-electron chi connectivity index (χ0n) is 10.8. The molecule has 0 saturated heterocycles. The minimum absolute atomic E-state index is 0.0797. The number of ether oxygens (including phenoxy) is 1. The van der Waals surface area contributed by atoms with E-state index in [1.807, 2.05) is 25.1 Å². The number of halogens is 1. The van der Waals surface area contributed by atoms with Crippen molar-refractivity contribution in [2.24, 2.45) is 5.73 Å². The molecule has 4 heteroatoms. The van der Waals surface area contributed by atoms with Gasteiger partial charge in [-0.1, -0.05) is 15.9 Å². The van der Waals surface area contributed by atoms with E-state index in [0.717, 1.165) is 28.8 Å². The molecule has 3 nitrogen and oxygen atoms in total. The third-order valence-corrected chi connectivity index (χ3v) is 3.11. The summed E-state index contributed by atoms with van der Waals surface area (Å²) in [5, 5.41) is 3.39. The molecule has 0 heterocycles. The molecule has 0 aliphatic rings. The zero-order valence-corrected chi connectivity index (χ0v) is 12.4. The normalized spacial score (nSPS) is 11.6. The number of hydrogen-bond acceptors (Lipinski definition) is 3. The van der Waals surface area contributed by atoms with Gasteiger partial charge in [-0.25, -0.2) is 0 Å². The molecule has 0 amide bonds. The Morgan fingerprint density at radius 2 is 2.28 bits per heavy atom. The van der Waals surface area contributed by atoms with Crippen LogP contribution < -0.4 is 15.8 Å². The van der Waals surface area contributed by atoms with Crippen LogP contribution in [0.2, 0.25) is 0 Å². The van der Waals surface area contributed by atoms with E-state index in [1.165, 1.54) is 0 Å².